The van der Waals surface area contributed by atoms with Crippen LogP contribution in [0.25, 0.3) is 0 Å². The second-order valence-electron chi connectivity index (χ2n) is 5.60. The number of hydrogen-bond donors (Lipinski definition) is 1. The minimum atomic E-state index is -0.652. The van der Waals surface area contributed by atoms with Gasteiger partial charge in [0.25, 0.3) is 5.91 Å². The summed E-state index contributed by atoms with van der Waals surface area (Å²) >= 11 is 3.28. The van der Waals surface area contributed by atoms with Crippen LogP contribution in [0.5, 0.6) is 0 Å². The lowest BCUT2D eigenvalue weighted by molar-refractivity contribution is -0.147. The molecule has 2 rings (SSSR count). The molecular formula is C19H17BrFNO4. The number of Topliss-reactive ketones (excluding diaryl/α,β-unsaturated/α-hetero) is 1. The molecule has 0 aliphatic rings. The van der Waals surface area contributed by atoms with E-state index in [1.807, 2.05) is 0 Å². The average molecular weight is 422 g/mol. The maximum Gasteiger partial charge on any atom is 0.306 e. The number of benzene rings is 2. The zero-order chi connectivity index (χ0) is 19.1. The summed E-state index contributed by atoms with van der Waals surface area (Å²) in [6.07, 6.45) is -0.132. The predicted octanol–water partition coefficient (Wildman–Crippen LogP) is 4.04. The lowest BCUT2D eigenvalue weighted by Crippen LogP contribution is -2.21. The van der Waals surface area contributed by atoms with Gasteiger partial charge in [-0.1, -0.05) is 34.1 Å². The van der Waals surface area contributed by atoms with Gasteiger partial charge >= 0.3 is 5.97 Å². The number of carbonyl (C=O) groups is 3. The molecule has 136 valence electrons. The zero-order valence-corrected chi connectivity index (χ0v) is 15.6. The number of ketones is 1. The van der Waals surface area contributed by atoms with E-state index in [0.717, 1.165) is 4.47 Å². The Hall–Kier alpha value is -2.54. The van der Waals surface area contributed by atoms with Crippen LogP contribution in [-0.2, 0) is 14.3 Å². The maximum absolute atomic E-state index is 13.4. The monoisotopic (exact) mass is 421 g/mol. The van der Waals surface area contributed by atoms with Gasteiger partial charge in [0.05, 0.1) is 6.42 Å². The number of ether oxygens (including phenoxy) is 1. The molecule has 0 spiro atoms. The third-order valence-corrected chi connectivity index (χ3v) is 4.07. The highest BCUT2D eigenvalue weighted by Gasteiger charge is 2.12. The van der Waals surface area contributed by atoms with Gasteiger partial charge in [-0.05, 0) is 36.8 Å². The molecule has 0 atom stereocenters. The van der Waals surface area contributed by atoms with E-state index in [1.165, 1.54) is 12.1 Å². The molecule has 2 aromatic rings. The lowest BCUT2D eigenvalue weighted by Gasteiger charge is -2.07. The number of esters is 1. The Bertz CT molecular complexity index is 821. The first-order chi connectivity index (χ1) is 12.3. The fourth-order valence-electron chi connectivity index (χ4n) is 2.08. The van der Waals surface area contributed by atoms with E-state index in [-0.39, 0.29) is 24.3 Å². The highest BCUT2D eigenvalue weighted by Crippen LogP contribution is 2.14. The highest BCUT2D eigenvalue weighted by atomic mass is 79.9. The van der Waals surface area contributed by atoms with E-state index in [4.69, 9.17) is 4.74 Å². The molecule has 0 saturated carbocycles. The van der Waals surface area contributed by atoms with Gasteiger partial charge in [0.1, 0.15) is 5.82 Å². The average Bonchev–Trinajstić information content (AvgIpc) is 2.61. The van der Waals surface area contributed by atoms with E-state index in [0.29, 0.717) is 11.1 Å². The summed E-state index contributed by atoms with van der Waals surface area (Å²) in [7, 11) is 0. The van der Waals surface area contributed by atoms with Crippen LogP contribution in [0.15, 0.2) is 46.9 Å². The van der Waals surface area contributed by atoms with Crippen LogP contribution in [0.3, 0.4) is 0 Å². The molecule has 0 radical (unpaired) electrons. The molecule has 0 saturated heterocycles. The Morgan fingerprint density at radius 1 is 1.08 bits per heavy atom. The molecule has 5 nitrogen and oxygen atoms in total. The van der Waals surface area contributed by atoms with Crippen molar-refractivity contribution in [2.24, 2.45) is 0 Å². The second kappa shape index (κ2) is 9.24. The first-order valence-corrected chi connectivity index (χ1v) is 8.65. The minimum Gasteiger partial charge on any atom is -0.456 e. The van der Waals surface area contributed by atoms with Gasteiger partial charge in [0.15, 0.2) is 12.4 Å². The summed E-state index contributed by atoms with van der Waals surface area (Å²) in [5.74, 6) is -1.86. The summed E-state index contributed by atoms with van der Waals surface area (Å²) in [4.78, 5) is 35.4. The number of aryl methyl sites for hydroxylation is 1. The van der Waals surface area contributed by atoms with Crippen LogP contribution in [0.1, 0.15) is 28.8 Å². The molecule has 1 N–H and O–H groups in total. The van der Waals surface area contributed by atoms with Crippen LogP contribution in [-0.4, -0.2) is 24.3 Å². The minimum absolute atomic E-state index is 0.00867. The van der Waals surface area contributed by atoms with Gasteiger partial charge in [-0.15, -0.1) is 0 Å². The van der Waals surface area contributed by atoms with Crippen molar-refractivity contribution in [3.05, 3.63) is 63.9 Å². The molecule has 7 heteroatoms. The van der Waals surface area contributed by atoms with Crippen molar-refractivity contribution in [2.75, 3.05) is 11.9 Å². The summed E-state index contributed by atoms with van der Waals surface area (Å²) in [6.45, 7) is 1.11. The van der Waals surface area contributed by atoms with Gasteiger partial charge < -0.3 is 10.1 Å². The van der Waals surface area contributed by atoms with Crippen molar-refractivity contribution in [1.82, 2.24) is 0 Å². The second-order valence-corrected chi connectivity index (χ2v) is 6.52. The van der Waals surface area contributed by atoms with Crippen LogP contribution >= 0.6 is 15.9 Å². The van der Waals surface area contributed by atoms with Crippen LogP contribution < -0.4 is 5.32 Å². The van der Waals surface area contributed by atoms with E-state index in [2.05, 4.69) is 21.2 Å². The number of anilines is 1. The van der Waals surface area contributed by atoms with Gasteiger partial charge in [-0.3, -0.25) is 14.4 Å². The normalized spacial score (nSPS) is 10.3. The Morgan fingerprint density at radius 3 is 2.42 bits per heavy atom. The molecule has 2 aromatic carbocycles. The lowest BCUT2D eigenvalue weighted by atomic mass is 10.1. The largest absolute Gasteiger partial charge is 0.456 e. The molecule has 0 aliphatic carbocycles. The van der Waals surface area contributed by atoms with Crippen molar-refractivity contribution >= 4 is 39.3 Å². The molecule has 0 aromatic heterocycles. The molecule has 26 heavy (non-hydrogen) atoms. The van der Waals surface area contributed by atoms with Gasteiger partial charge in [-0.2, -0.15) is 0 Å². The third kappa shape index (κ3) is 6.07. The van der Waals surface area contributed by atoms with Crippen LogP contribution in [0, 0.1) is 12.7 Å². The number of nitrogens with one attached hydrogen (secondary N) is 1. The molecule has 0 aliphatic heterocycles. The summed E-state index contributed by atoms with van der Waals surface area (Å²) < 4.78 is 19.1. The smallest absolute Gasteiger partial charge is 0.306 e. The zero-order valence-electron chi connectivity index (χ0n) is 14.1. The number of rotatable bonds is 7. The fourth-order valence-corrected chi connectivity index (χ4v) is 2.35. The maximum atomic E-state index is 13.4. The molecule has 1 amide bonds. The van der Waals surface area contributed by atoms with Crippen LogP contribution in [0.2, 0.25) is 0 Å². The fraction of sp³-hybridized carbons (Fsp3) is 0.211. The Balaban J connectivity index is 1.73. The Kier molecular flexibility index (Phi) is 7.03. The molecular weight excluding hydrogens is 405 g/mol. The number of carbonyl (C=O) groups excluding carboxylic acids is 3. The van der Waals surface area contributed by atoms with Crippen molar-refractivity contribution < 1.29 is 23.5 Å². The topological polar surface area (TPSA) is 72.5 Å². The summed E-state index contributed by atoms with van der Waals surface area (Å²) in [6, 6.07) is 11.1. The van der Waals surface area contributed by atoms with Gasteiger partial charge in [0.2, 0.25) is 0 Å². The first kappa shape index (κ1) is 19.8. The number of hydrogen-bond acceptors (Lipinski definition) is 4. The van der Waals surface area contributed by atoms with E-state index in [9.17, 15) is 18.8 Å². The standard InChI is InChI=1S/C19H17BrFNO4/c1-12-2-7-15(10-16(12)21)22-18(24)11-26-19(25)9-8-17(23)13-3-5-14(20)6-4-13/h2-7,10H,8-9,11H2,1H3,(H,22,24). The Morgan fingerprint density at radius 2 is 1.77 bits per heavy atom. The van der Waals surface area contributed by atoms with Crippen LogP contribution in [0.4, 0.5) is 10.1 Å². The molecule has 0 unspecified atom stereocenters. The van der Waals surface area contributed by atoms with Crippen molar-refractivity contribution in [1.29, 1.82) is 0 Å². The quantitative estimate of drug-likeness (QED) is 0.540. The predicted molar refractivity (Wildman–Crippen MR) is 98.4 cm³/mol. The highest BCUT2D eigenvalue weighted by molar-refractivity contribution is 9.10. The number of amides is 1. The van der Waals surface area contributed by atoms with Gasteiger partial charge in [0, 0.05) is 22.1 Å². The molecule has 0 fully saturated rings. The van der Waals surface area contributed by atoms with Gasteiger partial charge in [-0.25, -0.2) is 4.39 Å². The molecule has 0 heterocycles. The van der Waals surface area contributed by atoms with Crippen molar-refractivity contribution in [2.45, 2.75) is 19.8 Å². The van der Waals surface area contributed by atoms with E-state index < -0.39 is 24.3 Å². The van der Waals surface area contributed by atoms with E-state index >= 15 is 0 Å². The summed E-state index contributed by atoms with van der Waals surface area (Å²) in [5, 5.41) is 2.43. The van der Waals surface area contributed by atoms with Crippen molar-refractivity contribution in [3.8, 4) is 0 Å². The van der Waals surface area contributed by atoms with Crippen molar-refractivity contribution in [3.63, 3.8) is 0 Å². The Labute approximate surface area is 158 Å². The molecule has 0 bridgehead atoms. The SMILES string of the molecule is Cc1ccc(NC(=O)COC(=O)CCC(=O)c2ccc(Br)cc2)cc1F. The third-order valence-electron chi connectivity index (χ3n) is 3.54. The van der Waals surface area contributed by atoms with E-state index in [1.54, 1.807) is 37.3 Å². The number of halogens is 2. The first-order valence-electron chi connectivity index (χ1n) is 7.85. The summed E-state index contributed by atoms with van der Waals surface area (Å²) in [5.41, 5.74) is 1.24.